The van der Waals surface area contributed by atoms with Gasteiger partial charge in [-0.15, -0.1) is 0 Å². The minimum Gasteiger partial charge on any atom is -0.326 e. The van der Waals surface area contributed by atoms with Crippen molar-refractivity contribution in [1.82, 2.24) is 0 Å². The number of nitrogens with zero attached hydrogens (tertiary/aromatic N) is 1. The maximum Gasteiger partial charge on any atom is 0.229 e. The summed E-state index contributed by atoms with van der Waals surface area (Å²) >= 11 is 0. The van der Waals surface area contributed by atoms with Crippen LogP contribution in [0.3, 0.4) is 0 Å². The number of amides is 2. The Morgan fingerprint density at radius 1 is 1.17 bits per heavy atom. The molecule has 1 aliphatic rings. The Balaban J connectivity index is 1.68. The van der Waals surface area contributed by atoms with Gasteiger partial charge in [-0.2, -0.15) is 0 Å². The van der Waals surface area contributed by atoms with E-state index in [1.807, 2.05) is 55.5 Å². The predicted molar refractivity (Wildman–Crippen MR) is 96.1 cm³/mol. The minimum absolute atomic E-state index is 0.00535. The van der Waals surface area contributed by atoms with Gasteiger partial charge in [-0.25, -0.2) is 0 Å². The highest BCUT2D eigenvalue weighted by Crippen LogP contribution is 2.28. The summed E-state index contributed by atoms with van der Waals surface area (Å²) in [4.78, 5) is 26.5. The van der Waals surface area contributed by atoms with Crippen molar-refractivity contribution in [2.75, 3.05) is 16.8 Å². The molecule has 0 aromatic heterocycles. The van der Waals surface area contributed by atoms with Crippen molar-refractivity contribution in [2.24, 2.45) is 5.92 Å². The van der Waals surface area contributed by atoms with Crippen LogP contribution in [0, 0.1) is 12.8 Å². The molecule has 1 atom stereocenters. The van der Waals surface area contributed by atoms with E-state index in [4.69, 9.17) is 0 Å². The maximum atomic E-state index is 12.5. The average molecular weight is 322 g/mol. The molecule has 0 spiro atoms. The fraction of sp³-hybridized carbons (Fsp3) is 0.300. The van der Waals surface area contributed by atoms with Crippen LogP contribution in [0.5, 0.6) is 0 Å². The van der Waals surface area contributed by atoms with Crippen molar-refractivity contribution >= 4 is 23.2 Å². The lowest BCUT2D eigenvalue weighted by molar-refractivity contribution is -0.122. The first-order valence-electron chi connectivity index (χ1n) is 8.34. The van der Waals surface area contributed by atoms with E-state index in [-0.39, 0.29) is 24.2 Å². The Kier molecular flexibility index (Phi) is 4.65. The lowest BCUT2D eigenvalue weighted by Crippen LogP contribution is -2.28. The van der Waals surface area contributed by atoms with E-state index >= 15 is 0 Å². The van der Waals surface area contributed by atoms with Crippen LogP contribution in [0.1, 0.15) is 24.5 Å². The molecule has 0 radical (unpaired) electrons. The van der Waals surface area contributed by atoms with Crippen molar-refractivity contribution in [3.05, 3.63) is 59.7 Å². The number of carbonyl (C=O) groups excluding carboxylic acids is 2. The van der Waals surface area contributed by atoms with Crippen molar-refractivity contribution in [1.29, 1.82) is 0 Å². The summed E-state index contributed by atoms with van der Waals surface area (Å²) < 4.78 is 0. The smallest absolute Gasteiger partial charge is 0.229 e. The second kappa shape index (κ2) is 6.87. The number of rotatable bonds is 4. The van der Waals surface area contributed by atoms with Gasteiger partial charge in [0.1, 0.15) is 0 Å². The molecule has 4 nitrogen and oxygen atoms in total. The number of benzene rings is 2. The molecule has 2 aromatic rings. The first-order valence-corrected chi connectivity index (χ1v) is 8.34. The first kappa shape index (κ1) is 16.2. The maximum absolute atomic E-state index is 12.5. The van der Waals surface area contributed by atoms with Gasteiger partial charge in [-0.05, 0) is 42.7 Å². The van der Waals surface area contributed by atoms with Gasteiger partial charge in [0, 0.05) is 24.3 Å². The molecule has 1 heterocycles. The van der Waals surface area contributed by atoms with Gasteiger partial charge in [0.2, 0.25) is 11.8 Å². The standard InChI is InChI=1S/C20H22N2O2/c1-3-15-8-10-17(11-9-15)21-20(24)16-12-19(23)22(13-16)18-7-5-4-6-14(18)2/h4-11,16H,3,12-13H2,1-2H3,(H,21,24). The lowest BCUT2D eigenvalue weighted by atomic mass is 10.1. The third kappa shape index (κ3) is 3.32. The van der Waals surface area contributed by atoms with Crippen molar-refractivity contribution in [3.8, 4) is 0 Å². The molecular weight excluding hydrogens is 300 g/mol. The monoisotopic (exact) mass is 322 g/mol. The normalized spacial score (nSPS) is 17.2. The van der Waals surface area contributed by atoms with Gasteiger partial charge in [-0.3, -0.25) is 9.59 Å². The van der Waals surface area contributed by atoms with Crippen molar-refractivity contribution < 1.29 is 9.59 Å². The van der Waals surface area contributed by atoms with E-state index in [1.165, 1.54) is 5.56 Å². The molecule has 0 aliphatic carbocycles. The number of hydrogen-bond acceptors (Lipinski definition) is 2. The van der Waals surface area contributed by atoms with Gasteiger partial charge in [0.25, 0.3) is 0 Å². The highest BCUT2D eigenvalue weighted by molar-refractivity contribution is 6.03. The molecule has 1 aliphatic heterocycles. The van der Waals surface area contributed by atoms with Gasteiger partial charge >= 0.3 is 0 Å². The van der Waals surface area contributed by atoms with Crippen LogP contribution in [0.4, 0.5) is 11.4 Å². The number of para-hydroxylation sites is 1. The third-order valence-electron chi connectivity index (χ3n) is 4.53. The SMILES string of the molecule is CCc1ccc(NC(=O)C2CC(=O)N(c3ccccc3C)C2)cc1. The summed E-state index contributed by atoms with van der Waals surface area (Å²) in [5.41, 5.74) is 3.95. The number of anilines is 2. The molecule has 1 unspecified atom stereocenters. The zero-order chi connectivity index (χ0) is 17.1. The molecule has 124 valence electrons. The topological polar surface area (TPSA) is 49.4 Å². The Morgan fingerprint density at radius 3 is 2.54 bits per heavy atom. The number of aryl methyl sites for hydroxylation is 2. The Hall–Kier alpha value is -2.62. The third-order valence-corrected chi connectivity index (χ3v) is 4.53. The molecule has 2 aromatic carbocycles. The van der Waals surface area contributed by atoms with Crippen LogP contribution in [0.2, 0.25) is 0 Å². The highest BCUT2D eigenvalue weighted by Gasteiger charge is 2.35. The van der Waals surface area contributed by atoms with E-state index in [1.54, 1.807) is 4.90 Å². The second-order valence-corrected chi connectivity index (χ2v) is 6.23. The lowest BCUT2D eigenvalue weighted by Gasteiger charge is -2.19. The van der Waals surface area contributed by atoms with Gasteiger partial charge in [0.15, 0.2) is 0 Å². The minimum atomic E-state index is -0.317. The fourth-order valence-electron chi connectivity index (χ4n) is 3.05. The quantitative estimate of drug-likeness (QED) is 0.936. The van der Waals surface area contributed by atoms with Crippen molar-refractivity contribution in [3.63, 3.8) is 0 Å². The molecule has 1 saturated heterocycles. The largest absolute Gasteiger partial charge is 0.326 e. The summed E-state index contributed by atoms with van der Waals surface area (Å²) in [6.45, 7) is 4.51. The van der Waals surface area contributed by atoms with Gasteiger partial charge in [0.05, 0.1) is 5.92 Å². The van der Waals surface area contributed by atoms with E-state index in [0.717, 1.165) is 23.4 Å². The molecule has 1 fully saturated rings. The van der Waals surface area contributed by atoms with Crippen LogP contribution in [-0.2, 0) is 16.0 Å². The summed E-state index contributed by atoms with van der Waals surface area (Å²) in [5.74, 6) is -0.405. The first-order chi connectivity index (χ1) is 11.6. The van der Waals surface area contributed by atoms with E-state index in [0.29, 0.717) is 6.54 Å². The van der Waals surface area contributed by atoms with Crippen LogP contribution in [-0.4, -0.2) is 18.4 Å². The highest BCUT2D eigenvalue weighted by atomic mass is 16.2. The van der Waals surface area contributed by atoms with Crippen LogP contribution < -0.4 is 10.2 Å². The fourth-order valence-corrected chi connectivity index (χ4v) is 3.05. The van der Waals surface area contributed by atoms with Gasteiger partial charge < -0.3 is 10.2 Å². The summed E-state index contributed by atoms with van der Waals surface area (Å²) in [6, 6.07) is 15.6. The van der Waals surface area contributed by atoms with E-state index in [2.05, 4.69) is 12.2 Å². The number of hydrogen-bond donors (Lipinski definition) is 1. The zero-order valence-electron chi connectivity index (χ0n) is 14.1. The average Bonchev–Trinajstić information content (AvgIpc) is 2.98. The zero-order valence-corrected chi connectivity index (χ0v) is 14.1. The molecule has 1 N–H and O–H groups in total. The van der Waals surface area contributed by atoms with Crippen LogP contribution in [0.15, 0.2) is 48.5 Å². The Morgan fingerprint density at radius 2 is 1.88 bits per heavy atom. The second-order valence-electron chi connectivity index (χ2n) is 6.23. The number of carbonyl (C=O) groups is 2. The molecule has 3 rings (SSSR count). The van der Waals surface area contributed by atoms with E-state index in [9.17, 15) is 9.59 Å². The summed E-state index contributed by atoms with van der Waals surface area (Å²) in [6.07, 6.45) is 1.23. The number of nitrogens with one attached hydrogen (secondary N) is 1. The van der Waals surface area contributed by atoms with Crippen LogP contribution >= 0.6 is 0 Å². The van der Waals surface area contributed by atoms with Gasteiger partial charge in [-0.1, -0.05) is 37.3 Å². The molecule has 24 heavy (non-hydrogen) atoms. The Bertz CT molecular complexity index is 752. The van der Waals surface area contributed by atoms with Crippen molar-refractivity contribution in [2.45, 2.75) is 26.7 Å². The molecular formula is C20H22N2O2. The molecule has 2 amide bonds. The summed E-state index contributed by atoms with van der Waals surface area (Å²) in [5, 5.41) is 2.92. The summed E-state index contributed by atoms with van der Waals surface area (Å²) in [7, 11) is 0. The predicted octanol–water partition coefficient (Wildman–Crippen LogP) is 3.55. The Labute approximate surface area is 142 Å². The molecule has 4 heteroatoms. The molecule has 0 bridgehead atoms. The van der Waals surface area contributed by atoms with E-state index < -0.39 is 0 Å². The van der Waals surface area contributed by atoms with Crippen LogP contribution in [0.25, 0.3) is 0 Å². The molecule has 0 saturated carbocycles.